The van der Waals surface area contributed by atoms with Crippen molar-refractivity contribution in [2.75, 3.05) is 35.0 Å². The molecule has 0 spiro atoms. The van der Waals surface area contributed by atoms with Crippen LogP contribution in [0.3, 0.4) is 0 Å². The molecule has 0 aliphatic rings. The van der Waals surface area contributed by atoms with Gasteiger partial charge in [0.1, 0.15) is 11.5 Å². The van der Waals surface area contributed by atoms with Crippen molar-refractivity contribution in [3.05, 3.63) is 42.0 Å². The minimum absolute atomic E-state index is 0.175. The summed E-state index contributed by atoms with van der Waals surface area (Å²) in [6, 6.07) is 9.70. The normalized spacial score (nSPS) is 11.1. The van der Waals surface area contributed by atoms with E-state index in [1.165, 1.54) is 33.5 Å². The average molecular weight is 381 g/mol. The SMILES string of the molecule is COc1ccc(S(=O)(=O)NCCc2cc(OC)cc(OC)c2OC)cc1. The van der Waals surface area contributed by atoms with Crippen LogP contribution in [0.4, 0.5) is 0 Å². The molecule has 0 bridgehead atoms. The van der Waals surface area contributed by atoms with Gasteiger partial charge in [-0.2, -0.15) is 0 Å². The number of benzene rings is 2. The molecule has 8 heteroatoms. The Morgan fingerprint density at radius 3 is 2.04 bits per heavy atom. The highest BCUT2D eigenvalue weighted by molar-refractivity contribution is 7.89. The van der Waals surface area contributed by atoms with E-state index in [9.17, 15) is 8.42 Å². The molecule has 0 atom stereocenters. The van der Waals surface area contributed by atoms with Crippen molar-refractivity contribution in [3.8, 4) is 23.0 Å². The van der Waals surface area contributed by atoms with Crippen molar-refractivity contribution in [2.24, 2.45) is 0 Å². The maximum absolute atomic E-state index is 12.4. The fourth-order valence-electron chi connectivity index (χ4n) is 2.48. The first-order chi connectivity index (χ1) is 12.4. The van der Waals surface area contributed by atoms with Crippen molar-refractivity contribution >= 4 is 10.0 Å². The molecule has 0 fully saturated rings. The minimum Gasteiger partial charge on any atom is -0.497 e. The zero-order valence-corrected chi connectivity index (χ0v) is 16.1. The molecular weight excluding hydrogens is 358 g/mol. The Morgan fingerprint density at radius 1 is 0.846 bits per heavy atom. The van der Waals surface area contributed by atoms with Crippen molar-refractivity contribution in [2.45, 2.75) is 11.3 Å². The fraction of sp³-hybridized carbons (Fsp3) is 0.333. The van der Waals surface area contributed by atoms with Crippen LogP contribution < -0.4 is 23.7 Å². The summed E-state index contributed by atoms with van der Waals surface area (Å²) in [5.74, 6) is 2.28. The Kier molecular flexibility index (Phi) is 6.70. The van der Waals surface area contributed by atoms with E-state index in [2.05, 4.69) is 4.72 Å². The monoisotopic (exact) mass is 381 g/mol. The third-order valence-electron chi connectivity index (χ3n) is 3.82. The smallest absolute Gasteiger partial charge is 0.240 e. The number of methoxy groups -OCH3 is 4. The lowest BCUT2D eigenvalue weighted by molar-refractivity contribution is 0.345. The average Bonchev–Trinajstić information content (AvgIpc) is 2.67. The summed E-state index contributed by atoms with van der Waals surface area (Å²) in [6.07, 6.45) is 0.409. The van der Waals surface area contributed by atoms with Crippen molar-refractivity contribution in [1.29, 1.82) is 0 Å². The predicted octanol–water partition coefficient (Wildman–Crippen LogP) is 2.24. The van der Waals surface area contributed by atoms with Gasteiger partial charge >= 0.3 is 0 Å². The summed E-state index contributed by atoms with van der Waals surface area (Å²) in [6.45, 7) is 0.195. The molecular formula is C18H23NO6S. The van der Waals surface area contributed by atoms with Gasteiger partial charge in [0.2, 0.25) is 10.0 Å². The van der Waals surface area contributed by atoms with E-state index in [0.717, 1.165) is 5.56 Å². The summed E-state index contributed by atoms with van der Waals surface area (Å²) in [7, 11) is 2.54. The van der Waals surface area contributed by atoms with Crippen molar-refractivity contribution < 1.29 is 27.4 Å². The highest BCUT2D eigenvalue weighted by Crippen LogP contribution is 2.35. The third-order valence-corrected chi connectivity index (χ3v) is 5.30. The number of hydrogen-bond acceptors (Lipinski definition) is 6. The molecule has 0 saturated heterocycles. The van der Waals surface area contributed by atoms with Gasteiger partial charge in [0.15, 0.2) is 11.5 Å². The minimum atomic E-state index is -3.62. The maximum Gasteiger partial charge on any atom is 0.240 e. The molecule has 0 unspecified atom stereocenters. The Bertz CT molecular complexity index is 834. The van der Waals surface area contributed by atoms with E-state index >= 15 is 0 Å². The number of ether oxygens (including phenoxy) is 4. The van der Waals surface area contributed by atoms with Gasteiger partial charge < -0.3 is 18.9 Å². The summed E-state index contributed by atoms with van der Waals surface area (Å²) >= 11 is 0. The molecule has 2 aromatic rings. The van der Waals surface area contributed by atoms with Gasteiger partial charge in [-0.3, -0.25) is 0 Å². The third kappa shape index (κ3) is 4.59. The van der Waals surface area contributed by atoms with Crippen LogP contribution in [0.25, 0.3) is 0 Å². The van der Waals surface area contributed by atoms with Crippen LogP contribution in [-0.2, 0) is 16.4 Å². The molecule has 1 N–H and O–H groups in total. The molecule has 0 amide bonds. The van der Waals surface area contributed by atoms with E-state index in [0.29, 0.717) is 29.4 Å². The van der Waals surface area contributed by atoms with Gasteiger partial charge in [0, 0.05) is 18.2 Å². The molecule has 142 valence electrons. The highest BCUT2D eigenvalue weighted by atomic mass is 32.2. The molecule has 0 aliphatic heterocycles. The molecule has 0 aliphatic carbocycles. The van der Waals surface area contributed by atoms with E-state index in [-0.39, 0.29) is 11.4 Å². The van der Waals surface area contributed by atoms with E-state index in [1.54, 1.807) is 31.4 Å². The first-order valence-corrected chi connectivity index (χ1v) is 9.36. The van der Waals surface area contributed by atoms with E-state index in [4.69, 9.17) is 18.9 Å². The summed E-state index contributed by atoms with van der Waals surface area (Å²) < 4.78 is 48.3. The number of nitrogens with one attached hydrogen (secondary N) is 1. The lowest BCUT2D eigenvalue weighted by atomic mass is 10.1. The first-order valence-electron chi connectivity index (χ1n) is 7.87. The molecule has 2 rings (SSSR count). The van der Waals surface area contributed by atoms with Gasteiger partial charge in [-0.05, 0) is 36.8 Å². The Morgan fingerprint density at radius 2 is 1.50 bits per heavy atom. The highest BCUT2D eigenvalue weighted by Gasteiger charge is 2.16. The fourth-order valence-corrected chi connectivity index (χ4v) is 3.51. The second kappa shape index (κ2) is 8.77. The Hall–Kier alpha value is -2.45. The van der Waals surface area contributed by atoms with Crippen LogP contribution in [0, 0.1) is 0 Å². The lowest BCUT2D eigenvalue weighted by Crippen LogP contribution is -2.26. The second-order valence-corrected chi connectivity index (χ2v) is 7.11. The Labute approximate surface area is 153 Å². The van der Waals surface area contributed by atoms with E-state index in [1.807, 2.05) is 0 Å². The molecule has 7 nitrogen and oxygen atoms in total. The van der Waals surface area contributed by atoms with Gasteiger partial charge in [-0.15, -0.1) is 0 Å². The van der Waals surface area contributed by atoms with Crippen LogP contribution in [0.5, 0.6) is 23.0 Å². The Balaban J connectivity index is 2.13. The van der Waals surface area contributed by atoms with Crippen LogP contribution in [0.2, 0.25) is 0 Å². The maximum atomic E-state index is 12.4. The van der Waals surface area contributed by atoms with Crippen molar-refractivity contribution in [3.63, 3.8) is 0 Å². The van der Waals surface area contributed by atoms with Crippen LogP contribution in [0.1, 0.15) is 5.56 Å². The van der Waals surface area contributed by atoms with Gasteiger partial charge in [-0.25, -0.2) is 13.1 Å². The van der Waals surface area contributed by atoms with Gasteiger partial charge in [0.05, 0.1) is 33.3 Å². The van der Waals surface area contributed by atoms with Gasteiger partial charge in [-0.1, -0.05) is 0 Å². The first kappa shape index (κ1) is 19.9. The number of hydrogen-bond donors (Lipinski definition) is 1. The summed E-state index contributed by atoms with van der Waals surface area (Å²) in [4.78, 5) is 0.175. The molecule has 0 aromatic heterocycles. The lowest BCUT2D eigenvalue weighted by Gasteiger charge is -2.15. The van der Waals surface area contributed by atoms with Crippen LogP contribution in [-0.4, -0.2) is 43.4 Å². The molecule has 26 heavy (non-hydrogen) atoms. The topological polar surface area (TPSA) is 83.1 Å². The molecule has 0 radical (unpaired) electrons. The summed E-state index contributed by atoms with van der Waals surface area (Å²) in [5.41, 5.74) is 0.779. The second-order valence-electron chi connectivity index (χ2n) is 5.35. The zero-order valence-electron chi connectivity index (χ0n) is 15.2. The number of rotatable bonds is 9. The molecule has 2 aromatic carbocycles. The number of sulfonamides is 1. The quantitative estimate of drug-likeness (QED) is 0.717. The van der Waals surface area contributed by atoms with Crippen molar-refractivity contribution in [1.82, 2.24) is 4.72 Å². The van der Waals surface area contributed by atoms with Crippen LogP contribution in [0.15, 0.2) is 41.3 Å². The molecule has 0 saturated carbocycles. The van der Waals surface area contributed by atoms with Crippen LogP contribution >= 0.6 is 0 Å². The predicted molar refractivity (Wildman–Crippen MR) is 98.0 cm³/mol. The largest absolute Gasteiger partial charge is 0.497 e. The summed E-state index contributed by atoms with van der Waals surface area (Å²) in [5, 5.41) is 0. The van der Waals surface area contributed by atoms with E-state index < -0.39 is 10.0 Å². The standard InChI is InChI=1S/C18H23NO6S/c1-22-14-5-7-16(8-6-14)26(20,21)19-10-9-13-11-15(23-2)12-17(24-3)18(13)25-4/h5-8,11-12,19H,9-10H2,1-4H3. The zero-order chi connectivity index (χ0) is 19.2. The molecule has 0 heterocycles. The van der Waals surface area contributed by atoms with Gasteiger partial charge in [0.25, 0.3) is 0 Å².